The first-order chi connectivity index (χ1) is 16.9. The number of alkyl carbamates (subject to hydrolysis) is 1. The Morgan fingerprint density at radius 1 is 1.33 bits per heavy atom. The Kier molecular flexibility index (Phi) is 6.94. The number of halogens is 2. The third-order valence-corrected chi connectivity index (χ3v) is 6.08. The number of benzene rings is 1. The van der Waals surface area contributed by atoms with Crippen LogP contribution in [-0.2, 0) is 11.3 Å². The van der Waals surface area contributed by atoms with Crippen molar-refractivity contribution in [3.8, 4) is 0 Å². The Bertz CT molecular complexity index is 1380. The number of aromatic carboxylic acids is 1. The average Bonchev–Trinajstić information content (AvgIpc) is 3.14. The molecule has 2 aromatic heterocycles. The van der Waals surface area contributed by atoms with Gasteiger partial charge in [0.05, 0.1) is 12.1 Å². The van der Waals surface area contributed by atoms with Crippen molar-refractivity contribution in [2.75, 3.05) is 18.0 Å². The van der Waals surface area contributed by atoms with Crippen LogP contribution in [0.25, 0.3) is 11.0 Å². The molecule has 10 nitrogen and oxygen atoms in total. The van der Waals surface area contributed by atoms with Gasteiger partial charge in [0.25, 0.3) is 5.56 Å². The van der Waals surface area contributed by atoms with Gasteiger partial charge in [0.15, 0.2) is 0 Å². The van der Waals surface area contributed by atoms with Crippen LogP contribution in [0.15, 0.2) is 29.1 Å². The number of carbonyl (C=O) groups excluding carboxylic acids is 1. The number of carboxylic acid groups (broad SMARTS) is 1. The van der Waals surface area contributed by atoms with Crippen LogP contribution >= 0.6 is 11.6 Å². The lowest BCUT2D eigenvalue weighted by molar-refractivity contribution is 0.0499. The Labute approximate surface area is 211 Å². The molecular weight excluding hydrogens is 493 g/mol. The van der Waals surface area contributed by atoms with Crippen LogP contribution in [0.1, 0.15) is 49.7 Å². The summed E-state index contributed by atoms with van der Waals surface area (Å²) in [6.07, 6.45) is 0.910. The third kappa shape index (κ3) is 5.62. The molecule has 3 aromatic rings. The maximum atomic E-state index is 14.0. The van der Waals surface area contributed by atoms with Gasteiger partial charge in [-0.05, 0) is 63.4 Å². The monoisotopic (exact) mass is 519 g/mol. The van der Waals surface area contributed by atoms with E-state index in [4.69, 9.17) is 16.3 Å². The number of ether oxygens (including phenoxy) is 1. The van der Waals surface area contributed by atoms with Crippen molar-refractivity contribution in [1.29, 1.82) is 0 Å². The van der Waals surface area contributed by atoms with E-state index in [-0.39, 0.29) is 29.3 Å². The summed E-state index contributed by atoms with van der Waals surface area (Å²) in [7, 11) is 0. The first-order valence-electron chi connectivity index (χ1n) is 11.5. The summed E-state index contributed by atoms with van der Waals surface area (Å²) in [5, 5.41) is 12.6. The van der Waals surface area contributed by atoms with Gasteiger partial charge in [-0.1, -0.05) is 11.6 Å². The predicted octanol–water partition coefficient (Wildman–Crippen LogP) is 3.76. The predicted molar refractivity (Wildman–Crippen MR) is 132 cm³/mol. The highest BCUT2D eigenvalue weighted by Crippen LogP contribution is 2.27. The van der Waals surface area contributed by atoms with Crippen LogP contribution in [0.5, 0.6) is 0 Å². The lowest BCUT2D eigenvalue weighted by Gasteiger charge is -2.34. The molecule has 0 bridgehead atoms. The molecule has 192 valence electrons. The largest absolute Gasteiger partial charge is 0.477 e. The Hall–Kier alpha value is -3.60. The van der Waals surface area contributed by atoms with Gasteiger partial charge in [-0.3, -0.25) is 4.79 Å². The molecule has 0 unspecified atom stereocenters. The van der Waals surface area contributed by atoms with E-state index in [1.165, 1.54) is 24.3 Å². The molecule has 4 rings (SSSR count). The highest BCUT2D eigenvalue weighted by atomic mass is 35.5. The number of imidazole rings is 1. The summed E-state index contributed by atoms with van der Waals surface area (Å²) in [5.74, 6) is -1.39. The number of rotatable bonds is 5. The Balaban J connectivity index is 1.74. The van der Waals surface area contributed by atoms with Crippen molar-refractivity contribution >= 4 is 40.6 Å². The summed E-state index contributed by atoms with van der Waals surface area (Å²) >= 11 is 6.30. The third-order valence-electron chi connectivity index (χ3n) is 5.71. The van der Waals surface area contributed by atoms with Crippen LogP contribution in [0.3, 0.4) is 0 Å². The number of H-pyrrole nitrogens is 1. The van der Waals surface area contributed by atoms with Crippen molar-refractivity contribution < 1.29 is 23.8 Å². The molecule has 3 N–H and O–H groups in total. The molecule has 0 aliphatic carbocycles. The maximum Gasteiger partial charge on any atom is 0.407 e. The Morgan fingerprint density at radius 3 is 2.78 bits per heavy atom. The summed E-state index contributed by atoms with van der Waals surface area (Å²) in [4.78, 5) is 45.6. The number of amides is 1. The van der Waals surface area contributed by atoms with Crippen molar-refractivity contribution in [3.63, 3.8) is 0 Å². The van der Waals surface area contributed by atoms with Crippen molar-refractivity contribution in [1.82, 2.24) is 19.9 Å². The molecule has 1 aliphatic rings. The number of fused-ring (bicyclic) bond motifs is 1. The molecule has 1 saturated heterocycles. The van der Waals surface area contributed by atoms with Crippen LogP contribution in [0.4, 0.5) is 15.1 Å². The first kappa shape index (κ1) is 25.5. The van der Waals surface area contributed by atoms with Crippen molar-refractivity contribution in [2.45, 2.75) is 51.8 Å². The second kappa shape index (κ2) is 9.81. The fourth-order valence-corrected chi connectivity index (χ4v) is 4.42. The van der Waals surface area contributed by atoms with Crippen molar-refractivity contribution in [2.24, 2.45) is 0 Å². The standard InChI is InChI=1S/C24H27ClFN5O5/c1-24(2,3)36-23(35)27-15-5-4-8-30(12-15)22-29-17-10-18(21(33)34)28-20(32)19(17)31(22)11-13-9-14(26)6-7-16(13)25/h6-7,9-10,15H,4-5,8,11-12H2,1-3H3,(H,27,35)(H,28,32)(H,33,34)/t15-/m1/s1. The molecule has 1 amide bonds. The number of carbonyl (C=O) groups is 2. The number of nitrogens with zero attached hydrogens (tertiary/aromatic N) is 3. The van der Waals surface area contributed by atoms with Crippen LogP contribution < -0.4 is 15.8 Å². The molecule has 0 saturated carbocycles. The molecule has 1 aromatic carbocycles. The quantitative estimate of drug-likeness (QED) is 0.468. The van der Waals surface area contributed by atoms with Crippen LogP contribution in [0, 0.1) is 5.82 Å². The number of aromatic amines is 1. The van der Waals surface area contributed by atoms with Crippen LogP contribution in [-0.4, -0.2) is 56.4 Å². The summed E-state index contributed by atoms with van der Waals surface area (Å²) < 4.78 is 20.9. The number of hydrogen-bond donors (Lipinski definition) is 3. The topological polar surface area (TPSA) is 130 Å². The minimum Gasteiger partial charge on any atom is -0.477 e. The summed E-state index contributed by atoms with van der Waals surface area (Å²) in [6, 6.07) is 4.99. The fraction of sp³-hybridized carbons (Fsp3) is 0.417. The molecule has 0 radical (unpaired) electrons. The van der Waals surface area contributed by atoms with E-state index in [9.17, 15) is 23.9 Å². The zero-order chi connectivity index (χ0) is 26.2. The van der Waals surface area contributed by atoms with Gasteiger partial charge in [0.1, 0.15) is 22.6 Å². The van der Waals surface area contributed by atoms with Gasteiger partial charge < -0.3 is 29.6 Å². The number of hydrogen-bond acceptors (Lipinski definition) is 6. The van der Waals surface area contributed by atoms with E-state index in [2.05, 4.69) is 15.3 Å². The molecule has 36 heavy (non-hydrogen) atoms. The summed E-state index contributed by atoms with van der Waals surface area (Å²) in [5.41, 5.74) is -0.829. The van der Waals surface area contributed by atoms with Gasteiger partial charge in [-0.15, -0.1) is 0 Å². The molecule has 3 heterocycles. The fourth-order valence-electron chi connectivity index (χ4n) is 4.25. The highest BCUT2D eigenvalue weighted by molar-refractivity contribution is 6.31. The smallest absolute Gasteiger partial charge is 0.407 e. The first-order valence-corrected chi connectivity index (χ1v) is 11.8. The van der Waals surface area contributed by atoms with E-state index in [1.807, 2.05) is 4.90 Å². The molecule has 12 heteroatoms. The van der Waals surface area contributed by atoms with Gasteiger partial charge in [0.2, 0.25) is 5.95 Å². The van der Waals surface area contributed by atoms with E-state index in [0.29, 0.717) is 29.6 Å². The lowest BCUT2D eigenvalue weighted by atomic mass is 10.1. The molecule has 1 fully saturated rings. The van der Waals surface area contributed by atoms with Gasteiger partial charge in [-0.25, -0.2) is 19.0 Å². The SMILES string of the molecule is CC(C)(C)OC(=O)N[C@@H]1CCCN(c2nc3cc(C(=O)O)[nH]c(=O)c3n2Cc2cc(F)ccc2Cl)C1. The van der Waals surface area contributed by atoms with Crippen LogP contribution in [0.2, 0.25) is 5.02 Å². The number of carboxylic acids is 1. The number of aromatic nitrogens is 3. The highest BCUT2D eigenvalue weighted by Gasteiger charge is 2.28. The molecule has 1 atom stereocenters. The zero-order valence-electron chi connectivity index (χ0n) is 20.1. The molecule has 1 aliphatic heterocycles. The average molecular weight is 520 g/mol. The van der Waals surface area contributed by atoms with Gasteiger partial charge >= 0.3 is 12.1 Å². The number of anilines is 1. The molecule has 0 spiro atoms. The maximum absolute atomic E-state index is 14.0. The van der Waals surface area contributed by atoms with Crippen molar-refractivity contribution in [3.05, 3.63) is 56.7 Å². The second-order valence-corrected chi connectivity index (χ2v) is 10.1. The zero-order valence-corrected chi connectivity index (χ0v) is 20.9. The summed E-state index contributed by atoms with van der Waals surface area (Å²) in [6.45, 7) is 6.33. The van der Waals surface area contributed by atoms with Gasteiger partial charge in [-0.2, -0.15) is 0 Å². The van der Waals surface area contributed by atoms with E-state index >= 15 is 0 Å². The van der Waals surface area contributed by atoms with Gasteiger partial charge in [0, 0.05) is 24.2 Å². The van der Waals surface area contributed by atoms with E-state index < -0.39 is 29.0 Å². The minimum atomic E-state index is -1.29. The second-order valence-electron chi connectivity index (χ2n) is 9.72. The number of nitrogens with one attached hydrogen (secondary N) is 2. The molecular formula is C24H27ClFN5O5. The normalized spacial score (nSPS) is 16.2. The van der Waals surface area contributed by atoms with E-state index in [1.54, 1.807) is 25.3 Å². The number of piperidine rings is 1. The lowest BCUT2D eigenvalue weighted by Crippen LogP contribution is -2.49. The minimum absolute atomic E-state index is 0.0264. The number of pyridine rings is 1. The van der Waals surface area contributed by atoms with E-state index in [0.717, 1.165) is 12.8 Å². The Morgan fingerprint density at radius 2 is 2.08 bits per heavy atom.